The zero-order chi connectivity index (χ0) is 21.6. The summed E-state index contributed by atoms with van der Waals surface area (Å²) in [4.78, 5) is 40.7. The summed E-state index contributed by atoms with van der Waals surface area (Å²) in [5.41, 5.74) is 2.08. The van der Waals surface area contributed by atoms with Crippen LogP contribution in [0.15, 0.2) is 29.3 Å². The van der Waals surface area contributed by atoms with Crippen LogP contribution in [0.25, 0.3) is 10.2 Å². The average Bonchev–Trinajstić information content (AvgIpc) is 3.35. The lowest BCUT2D eigenvalue weighted by Gasteiger charge is -2.21. The molecule has 0 bridgehead atoms. The molecule has 9 heteroatoms. The van der Waals surface area contributed by atoms with Gasteiger partial charge in [-0.2, -0.15) is 17.0 Å². The number of hydrogen-bond donors (Lipinski definition) is 1. The van der Waals surface area contributed by atoms with Crippen molar-refractivity contribution in [2.45, 2.75) is 44.4 Å². The number of aromatic nitrogens is 3. The minimum Gasteiger partial charge on any atom is -0.337 e. The van der Waals surface area contributed by atoms with Crippen molar-refractivity contribution < 1.29 is 4.79 Å². The Kier molecular flexibility index (Phi) is 6.99. The molecule has 31 heavy (non-hydrogen) atoms. The number of nitrogens with zero attached hydrogens (tertiary/aromatic N) is 4. The fourth-order valence-electron chi connectivity index (χ4n) is 3.79. The number of thioether (sulfide) groups is 1. The van der Waals surface area contributed by atoms with E-state index >= 15 is 0 Å². The van der Waals surface area contributed by atoms with Gasteiger partial charge in [0.05, 0.1) is 23.6 Å². The summed E-state index contributed by atoms with van der Waals surface area (Å²) in [6.45, 7) is 0.858. The number of pyridine rings is 1. The van der Waals surface area contributed by atoms with Crippen molar-refractivity contribution in [3.63, 3.8) is 0 Å². The summed E-state index contributed by atoms with van der Waals surface area (Å²) in [5, 5.41) is 9.67. The third-order valence-corrected chi connectivity index (χ3v) is 7.42. The van der Waals surface area contributed by atoms with E-state index in [9.17, 15) is 9.59 Å². The molecule has 4 rings (SSSR count). The number of fused-ring (bicyclic) bond motifs is 3. The molecule has 1 amide bonds. The van der Waals surface area contributed by atoms with Crippen molar-refractivity contribution in [2.75, 3.05) is 12.3 Å². The molecule has 0 spiro atoms. The van der Waals surface area contributed by atoms with E-state index in [0.29, 0.717) is 43.3 Å². The molecule has 3 aromatic heterocycles. The molecule has 0 fully saturated rings. The number of carbonyl (C=O) groups excluding carboxylic acids is 1. The minimum atomic E-state index is -0.0461. The van der Waals surface area contributed by atoms with Crippen molar-refractivity contribution in [1.29, 1.82) is 5.26 Å². The predicted molar refractivity (Wildman–Crippen MR) is 123 cm³/mol. The van der Waals surface area contributed by atoms with Crippen LogP contribution in [0.1, 0.15) is 41.1 Å². The predicted octanol–water partition coefficient (Wildman–Crippen LogP) is 3.43. The third kappa shape index (κ3) is 5.14. The smallest absolute Gasteiger partial charge is 0.259 e. The van der Waals surface area contributed by atoms with Crippen LogP contribution in [0, 0.1) is 11.3 Å². The molecule has 160 valence electrons. The van der Waals surface area contributed by atoms with Crippen LogP contribution in [0.3, 0.4) is 0 Å². The van der Waals surface area contributed by atoms with Gasteiger partial charge in [-0.1, -0.05) is 6.07 Å². The van der Waals surface area contributed by atoms with Gasteiger partial charge >= 0.3 is 0 Å². The van der Waals surface area contributed by atoms with Gasteiger partial charge in [-0.25, -0.2) is 4.98 Å². The second-order valence-corrected chi connectivity index (χ2v) is 9.63. The van der Waals surface area contributed by atoms with E-state index in [1.807, 2.05) is 12.1 Å². The first-order valence-corrected chi connectivity index (χ1v) is 12.3. The fourth-order valence-corrected chi connectivity index (χ4v) is 5.86. The topological polar surface area (TPSA) is 103 Å². The minimum absolute atomic E-state index is 0.0122. The standard InChI is InChI=1S/C22H23N5O2S2/c23-8-3-10-27(13-15-4-2-9-24-12-15)19(28)7-11-30-14-18-25-21(29)20-16-5-1-6-17(16)31-22(20)26-18/h2,4,9,12H,1,3,5-7,10-11,13-14H2,(H,25,26,29). The van der Waals surface area contributed by atoms with E-state index in [1.54, 1.807) is 40.4 Å². The highest BCUT2D eigenvalue weighted by Crippen LogP contribution is 2.34. The molecule has 3 heterocycles. The average molecular weight is 454 g/mol. The van der Waals surface area contributed by atoms with Gasteiger partial charge in [0.25, 0.3) is 5.56 Å². The maximum atomic E-state index is 12.7. The summed E-state index contributed by atoms with van der Waals surface area (Å²) in [7, 11) is 0. The Bertz CT molecular complexity index is 1170. The molecular weight excluding hydrogens is 430 g/mol. The van der Waals surface area contributed by atoms with Crippen LogP contribution >= 0.6 is 23.1 Å². The van der Waals surface area contributed by atoms with E-state index < -0.39 is 0 Å². The lowest BCUT2D eigenvalue weighted by molar-refractivity contribution is -0.131. The lowest BCUT2D eigenvalue weighted by Crippen LogP contribution is -2.31. The molecule has 0 aliphatic heterocycles. The molecule has 0 unspecified atom stereocenters. The second-order valence-electron chi connectivity index (χ2n) is 7.44. The van der Waals surface area contributed by atoms with E-state index in [2.05, 4.69) is 21.0 Å². The molecule has 1 N–H and O–H groups in total. The largest absolute Gasteiger partial charge is 0.337 e. The number of carbonyl (C=O) groups is 1. The van der Waals surface area contributed by atoms with Gasteiger partial charge in [-0.05, 0) is 36.5 Å². The van der Waals surface area contributed by atoms with Gasteiger partial charge in [0.1, 0.15) is 10.7 Å². The molecule has 0 aromatic carbocycles. The van der Waals surface area contributed by atoms with Gasteiger partial charge in [-0.15, -0.1) is 11.3 Å². The Balaban J connectivity index is 1.32. The van der Waals surface area contributed by atoms with Crippen molar-refractivity contribution in [2.24, 2.45) is 0 Å². The Morgan fingerprint density at radius 2 is 2.29 bits per heavy atom. The Morgan fingerprint density at radius 3 is 3.10 bits per heavy atom. The Labute approximate surface area is 188 Å². The number of aryl methyl sites for hydroxylation is 2. The fraction of sp³-hybridized carbons (Fsp3) is 0.409. The van der Waals surface area contributed by atoms with Crippen LogP contribution in [0.2, 0.25) is 0 Å². The summed E-state index contributed by atoms with van der Waals surface area (Å²) < 4.78 is 0. The first-order valence-electron chi connectivity index (χ1n) is 10.3. The van der Waals surface area contributed by atoms with Crippen LogP contribution in [-0.2, 0) is 29.9 Å². The third-order valence-electron chi connectivity index (χ3n) is 5.27. The Hall–Kier alpha value is -2.70. The molecule has 3 aromatic rings. The van der Waals surface area contributed by atoms with Crippen molar-refractivity contribution in [3.8, 4) is 6.07 Å². The summed E-state index contributed by atoms with van der Waals surface area (Å²) >= 11 is 3.22. The van der Waals surface area contributed by atoms with Gasteiger partial charge in [0.2, 0.25) is 5.91 Å². The molecule has 1 aliphatic carbocycles. The molecule has 0 atom stereocenters. The van der Waals surface area contributed by atoms with Crippen LogP contribution in [-0.4, -0.2) is 38.1 Å². The van der Waals surface area contributed by atoms with E-state index in [-0.39, 0.29) is 11.5 Å². The molecule has 0 saturated carbocycles. The number of nitrogens with one attached hydrogen (secondary N) is 1. The highest BCUT2D eigenvalue weighted by Gasteiger charge is 2.21. The van der Waals surface area contributed by atoms with Crippen molar-refractivity contribution >= 4 is 39.2 Å². The van der Waals surface area contributed by atoms with Gasteiger partial charge in [0.15, 0.2) is 0 Å². The maximum absolute atomic E-state index is 12.7. The number of rotatable bonds is 9. The zero-order valence-corrected chi connectivity index (χ0v) is 18.7. The number of thiophene rings is 1. The van der Waals surface area contributed by atoms with E-state index in [1.165, 1.54) is 10.4 Å². The summed E-state index contributed by atoms with van der Waals surface area (Å²) in [6.07, 6.45) is 7.24. The van der Waals surface area contributed by atoms with E-state index in [0.717, 1.165) is 35.0 Å². The normalized spacial score (nSPS) is 12.6. The molecule has 7 nitrogen and oxygen atoms in total. The van der Waals surface area contributed by atoms with Gasteiger partial charge < -0.3 is 9.88 Å². The highest BCUT2D eigenvalue weighted by atomic mass is 32.2. The summed E-state index contributed by atoms with van der Waals surface area (Å²) in [6, 6.07) is 5.87. The number of H-pyrrole nitrogens is 1. The quantitative estimate of drug-likeness (QED) is 0.498. The first-order chi connectivity index (χ1) is 15.2. The molecular formula is C22H23N5O2S2. The van der Waals surface area contributed by atoms with Gasteiger partial charge in [-0.3, -0.25) is 14.6 Å². The first kappa shape index (κ1) is 21.5. The van der Waals surface area contributed by atoms with Crippen molar-refractivity contribution in [3.05, 3.63) is 56.7 Å². The van der Waals surface area contributed by atoms with Crippen LogP contribution in [0.5, 0.6) is 0 Å². The van der Waals surface area contributed by atoms with E-state index in [4.69, 9.17) is 5.26 Å². The molecule has 1 aliphatic rings. The van der Waals surface area contributed by atoms with Crippen molar-refractivity contribution in [1.82, 2.24) is 19.9 Å². The van der Waals surface area contributed by atoms with Crippen LogP contribution < -0.4 is 5.56 Å². The number of hydrogen-bond acceptors (Lipinski definition) is 7. The summed E-state index contributed by atoms with van der Waals surface area (Å²) in [5.74, 6) is 1.85. The number of aromatic amines is 1. The second kappa shape index (κ2) is 10.1. The SMILES string of the molecule is N#CCCN(Cc1cccnc1)C(=O)CCSCc1nc2sc3c(c2c(=O)[nH]1)CCC3. The lowest BCUT2D eigenvalue weighted by atomic mass is 10.2. The number of nitriles is 1. The molecule has 0 saturated heterocycles. The van der Waals surface area contributed by atoms with Gasteiger partial charge in [0, 0.05) is 42.5 Å². The number of amides is 1. The van der Waals surface area contributed by atoms with Crippen LogP contribution in [0.4, 0.5) is 0 Å². The zero-order valence-electron chi connectivity index (χ0n) is 17.1. The Morgan fingerprint density at radius 1 is 1.39 bits per heavy atom. The highest BCUT2D eigenvalue weighted by molar-refractivity contribution is 7.98. The monoisotopic (exact) mass is 453 g/mol. The molecule has 0 radical (unpaired) electrons. The maximum Gasteiger partial charge on any atom is 0.259 e.